The highest BCUT2D eigenvalue weighted by atomic mass is 14.2. The average Bonchev–Trinajstić information content (AvgIpc) is 1.85. The Labute approximate surface area is 77.8 Å². The molecule has 0 heteroatoms. The van der Waals surface area contributed by atoms with Gasteiger partial charge in [0.05, 0.1) is 0 Å². The van der Waals surface area contributed by atoms with Crippen molar-refractivity contribution >= 4 is 0 Å². The maximum absolute atomic E-state index is 3.25. The van der Waals surface area contributed by atoms with Crippen LogP contribution in [0.5, 0.6) is 0 Å². The highest BCUT2D eigenvalue weighted by Crippen LogP contribution is 2.23. The van der Waals surface area contributed by atoms with Crippen LogP contribution in [0.1, 0.15) is 53.9 Å². The zero-order valence-electron chi connectivity index (χ0n) is 9.20. The molecule has 0 spiro atoms. The number of hydrogen-bond donors (Lipinski definition) is 0. The van der Waals surface area contributed by atoms with E-state index < -0.39 is 0 Å². The summed E-state index contributed by atoms with van der Waals surface area (Å²) in [5.41, 5.74) is 0.226. The van der Waals surface area contributed by atoms with Crippen molar-refractivity contribution in [2.24, 2.45) is 11.3 Å². The second-order valence-corrected chi connectivity index (χ2v) is 4.54. The number of rotatable bonds is 4. The first-order valence-electron chi connectivity index (χ1n) is 4.92. The first kappa shape index (κ1) is 11.6. The van der Waals surface area contributed by atoms with Gasteiger partial charge in [-0.3, -0.25) is 0 Å². The van der Waals surface area contributed by atoms with Crippen molar-refractivity contribution in [3.05, 3.63) is 0 Å². The van der Waals surface area contributed by atoms with Crippen LogP contribution in [0.4, 0.5) is 0 Å². The van der Waals surface area contributed by atoms with Crippen molar-refractivity contribution in [1.82, 2.24) is 0 Å². The van der Waals surface area contributed by atoms with E-state index in [-0.39, 0.29) is 5.41 Å². The van der Waals surface area contributed by atoms with Gasteiger partial charge in [0.25, 0.3) is 0 Å². The summed E-state index contributed by atoms with van der Waals surface area (Å²) in [5.74, 6) is 7.07. The lowest BCUT2D eigenvalue weighted by atomic mass is 9.87. The van der Waals surface area contributed by atoms with Crippen LogP contribution in [0, 0.1) is 23.2 Å². The van der Waals surface area contributed by atoms with E-state index >= 15 is 0 Å². The predicted octanol–water partition coefficient (Wildman–Crippen LogP) is 3.86. The highest BCUT2D eigenvalue weighted by molar-refractivity contribution is 5.06. The van der Waals surface area contributed by atoms with E-state index in [9.17, 15) is 0 Å². The molecule has 0 N–H and O–H groups in total. The van der Waals surface area contributed by atoms with Crippen LogP contribution in [-0.2, 0) is 0 Å². The molecule has 0 heterocycles. The topological polar surface area (TPSA) is 0 Å². The molecule has 0 saturated carbocycles. The van der Waals surface area contributed by atoms with Crippen LogP contribution in [0.25, 0.3) is 0 Å². The Balaban J connectivity index is 3.66. The molecule has 0 nitrogen and oxygen atoms in total. The Hall–Kier alpha value is -0.440. The van der Waals surface area contributed by atoms with Crippen LogP contribution >= 0.6 is 0 Å². The SMILES string of the molecule is CC#CC(C)(C)CCCC(C)C. The van der Waals surface area contributed by atoms with E-state index in [0.29, 0.717) is 0 Å². The molecule has 0 radical (unpaired) electrons. The van der Waals surface area contributed by atoms with Crippen molar-refractivity contribution in [2.45, 2.75) is 53.9 Å². The average molecular weight is 166 g/mol. The summed E-state index contributed by atoms with van der Waals surface area (Å²) in [6, 6.07) is 0. The predicted molar refractivity (Wildman–Crippen MR) is 55.9 cm³/mol. The van der Waals surface area contributed by atoms with Crippen LogP contribution in [0.15, 0.2) is 0 Å². The maximum Gasteiger partial charge on any atom is 0.0258 e. The molecule has 0 amide bonds. The van der Waals surface area contributed by atoms with Crippen molar-refractivity contribution in [3.63, 3.8) is 0 Å². The summed E-state index contributed by atoms with van der Waals surface area (Å²) < 4.78 is 0. The molecular weight excluding hydrogens is 144 g/mol. The van der Waals surface area contributed by atoms with Gasteiger partial charge in [-0.15, -0.1) is 5.92 Å². The Kier molecular flexibility index (Phi) is 5.06. The molecule has 0 bridgehead atoms. The van der Waals surface area contributed by atoms with Gasteiger partial charge in [0.2, 0.25) is 0 Å². The second-order valence-electron chi connectivity index (χ2n) is 4.54. The van der Waals surface area contributed by atoms with Crippen LogP contribution in [0.2, 0.25) is 0 Å². The molecule has 0 aromatic rings. The zero-order valence-corrected chi connectivity index (χ0v) is 9.20. The Bertz CT molecular complexity index is 164. The normalized spacial score (nSPS) is 11.2. The lowest BCUT2D eigenvalue weighted by Gasteiger charge is -2.17. The second kappa shape index (κ2) is 5.25. The lowest BCUT2D eigenvalue weighted by molar-refractivity contribution is 0.408. The molecular formula is C12H22. The van der Waals surface area contributed by atoms with Crippen molar-refractivity contribution in [2.75, 3.05) is 0 Å². The first-order chi connectivity index (χ1) is 5.48. The minimum atomic E-state index is 0.226. The Morgan fingerprint density at radius 1 is 1.25 bits per heavy atom. The van der Waals surface area contributed by atoms with Crippen molar-refractivity contribution in [3.8, 4) is 11.8 Å². The number of hydrogen-bond acceptors (Lipinski definition) is 0. The summed E-state index contributed by atoms with van der Waals surface area (Å²) >= 11 is 0. The molecule has 0 aromatic heterocycles. The van der Waals surface area contributed by atoms with E-state index in [1.807, 2.05) is 6.92 Å². The zero-order chi connectivity index (χ0) is 9.61. The third kappa shape index (κ3) is 6.28. The van der Waals surface area contributed by atoms with E-state index in [0.717, 1.165) is 5.92 Å². The summed E-state index contributed by atoms with van der Waals surface area (Å²) in [4.78, 5) is 0. The van der Waals surface area contributed by atoms with Gasteiger partial charge in [-0.25, -0.2) is 0 Å². The van der Waals surface area contributed by atoms with Gasteiger partial charge >= 0.3 is 0 Å². The van der Waals surface area contributed by atoms with Gasteiger partial charge in [-0.05, 0) is 33.1 Å². The third-order valence-corrected chi connectivity index (χ3v) is 2.05. The van der Waals surface area contributed by atoms with Crippen molar-refractivity contribution in [1.29, 1.82) is 0 Å². The van der Waals surface area contributed by atoms with Gasteiger partial charge in [0.15, 0.2) is 0 Å². The molecule has 0 aliphatic heterocycles. The fourth-order valence-electron chi connectivity index (χ4n) is 1.35. The quantitative estimate of drug-likeness (QED) is 0.556. The summed E-state index contributed by atoms with van der Waals surface area (Å²) in [6.45, 7) is 10.9. The molecule has 0 aliphatic carbocycles. The third-order valence-electron chi connectivity index (χ3n) is 2.05. The lowest BCUT2D eigenvalue weighted by Crippen LogP contribution is -2.08. The monoisotopic (exact) mass is 166 g/mol. The standard InChI is InChI=1S/C12H22/c1-6-9-12(4,5)10-7-8-11(2)3/h11H,7-8,10H2,1-5H3. The summed E-state index contributed by atoms with van der Waals surface area (Å²) in [7, 11) is 0. The van der Waals surface area contributed by atoms with Gasteiger partial charge < -0.3 is 0 Å². The van der Waals surface area contributed by atoms with Crippen molar-refractivity contribution < 1.29 is 0 Å². The van der Waals surface area contributed by atoms with E-state index in [4.69, 9.17) is 0 Å². The van der Waals surface area contributed by atoms with Gasteiger partial charge in [0.1, 0.15) is 0 Å². The van der Waals surface area contributed by atoms with Gasteiger partial charge in [-0.2, -0.15) is 0 Å². The molecule has 0 fully saturated rings. The molecule has 70 valence electrons. The van der Waals surface area contributed by atoms with Crippen LogP contribution in [0.3, 0.4) is 0 Å². The van der Waals surface area contributed by atoms with Crippen LogP contribution in [-0.4, -0.2) is 0 Å². The fraction of sp³-hybridized carbons (Fsp3) is 0.833. The molecule has 12 heavy (non-hydrogen) atoms. The van der Waals surface area contributed by atoms with Crippen LogP contribution < -0.4 is 0 Å². The summed E-state index contributed by atoms with van der Waals surface area (Å²) in [6.07, 6.45) is 3.86. The molecule has 0 aromatic carbocycles. The Morgan fingerprint density at radius 2 is 1.83 bits per heavy atom. The minimum absolute atomic E-state index is 0.226. The van der Waals surface area contributed by atoms with E-state index in [2.05, 4.69) is 39.5 Å². The highest BCUT2D eigenvalue weighted by Gasteiger charge is 2.13. The first-order valence-corrected chi connectivity index (χ1v) is 4.92. The fourth-order valence-corrected chi connectivity index (χ4v) is 1.35. The smallest absolute Gasteiger partial charge is 0.0258 e. The van der Waals surface area contributed by atoms with E-state index in [1.165, 1.54) is 19.3 Å². The molecule has 0 rings (SSSR count). The van der Waals surface area contributed by atoms with Gasteiger partial charge in [-0.1, -0.05) is 32.6 Å². The Morgan fingerprint density at radius 3 is 2.25 bits per heavy atom. The maximum atomic E-state index is 3.25. The minimum Gasteiger partial charge on any atom is -0.106 e. The largest absolute Gasteiger partial charge is 0.106 e. The molecule has 0 atom stereocenters. The molecule has 0 saturated heterocycles. The molecule has 0 aliphatic rings. The van der Waals surface area contributed by atoms with Gasteiger partial charge in [0, 0.05) is 5.41 Å². The van der Waals surface area contributed by atoms with E-state index in [1.54, 1.807) is 0 Å². The summed E-state index contributed by atoms with van der Waals surface area (Å²) in [5, 5.41) is 0. The molecule has 0 unspecified atom stereocenters.